The molecule has 0 saturated heterocycles. The maximum Gasteiger partial charge on any atom is 0.239 e. The highest BCUT2D eigenvalue weighted by molar-refractivity contribution is 6.31. The molecule has 1 aliphatic rings. The predicted octanol–water partition coefficient (Wildman–Crippen LogP) is 4.82. The molecule has 5 nitrogen and oxygen atoms in total. The first-order valence-electron chi connectivity index (χ1n) is 9.75. The van der Waals surface area contributed by atoms with Gasteiger partial charge in [0.25, 0.3) is 0 Å². The zero-order valence-corrected chi connectivity index (χ0v) is 17.5. The van der Waals surface area contributed by atoms with Gasteiger partial charge in [0.05, 0.1) is 12.1 Å². The molecule has 1 aromatic carbocycles. The molecule has 1 N–H and O–H groups in total. The van der Waals surface area contributed by atoms with Crippen LogP contribution < -0.4 is 5.32 Å². The molecule has 0 aliphatic heterocycles. The molecule has 28 heavy (non-hydrogen) atoms. The molecule has 0 atom stereocenters. The summed E-state index contributed by atoms with van der Waals surface area (Å²) >= 11 is 6.22. The number of amides is 1. The lowest BCUT2D eigenvalue weighted by atomic mass is 10.2. The molecule has 0 bridgehead atoms. The van der Waals surface area contributed by atoms with Gasteiger partial charge in [0.2, 0.25) is 5.91 Å². The number of hydrogen-bond donors (Lipinski definition) is 1. The highest BCUT2D eigenvalue weighted by Gasteiger charge is 2.26. The van der Waals surface area contributed by atoms with Crippen LogP contribution in [0.2, 0.25) is 5.02 Å². The second-order valence-corrected chi connectivity index (χ2v) is 8.07. The number of nitrogens with zero attached hydrogens (tertiary/aromatic N) is 3. The zero-order valence-electron chi connectivity index (χ0n) is 16.8. The van der Waals surface area contributed by atoms with Crippen molar-refractivity contribution in [2.45, 2.75) is 52.1 Å². The van der Waals surface area contributed by atoms with Crippen LogP contribution in [-0.4, -0.2) is 29.0 Å². The van der Waals surface area contributed by atoms with E-state index in [1.165, 1.54) is 12.8 Å². The standard InChI is InChI=1S/C22H27ClN4O/c1-15-16(2)27(18-9-5-6-10-18)22(19(15)12-24)25-21(28)14-26(3)13-17-8-4-7-11-20(17)23/h4,7-8,11,18H,5-6,9-10,13-14H2,1-3H3,(H,25,28). The molecule has 1 aromatic heterocycles. The molecule has 3 rings (SSSR count). The number of likely N-dealkylation sites (N-methyl/N-ethyl adjacent to an activating group) is 1. The summed E-state index contributed by atoms with van der Waals surface area (Å²) < 4.78 is 2.17. The fraction of sp³-hybridized carbons (Fsp3) is 0.455. The van der Waals surface area contributed by atoms with E-state index >= 15 is 0 Å². The van der Waals surface area contributed by atoms with Crippen molar-refractivity contribution in [1.82, 2.24) is 9.47 Å². The van der Waals surface area contributed by atoms with Gasteiger partial charge in [0.15, 0.2) is 0 Å². The molecule has 1 saturated carbocycles. The number of nitriles is 1. The van der Waals surface area contributed by atoms with Crippen molar-refractivity contribution < 1.29 is 4.79 Å². The lowest BCUT2D eigenvalue weighted by Gasteiger charge is -2.21. The predicted molar refractivity (Wildman–Crippen MR) is 113 cm³/mol. The smallest absolute Gasteiger partial charge is 0.239 e. The minimum Gasteiger partial charge on any atom is -0.327 e. The van der Waals surface area contributed by atoms with Crippen molar-refractivity contribution >= 4 is 23.3 Å². The van der Waals surface area contributed by atoms with Crippen LogP contribution in [0.15, 0.2) is 24.3 Å². The van der Waals surface area contributed by atoms with Crippen LogP contribution in [0.5, 0.6) is 0 Å². The van der Waals surface area contributed by atoms with Crippen LogP contribution >= 0.6 is 11.6 Å². The summed E-state index contributed by atoms with van der Waals surface area (Å²) in [6.07, 6.45) is 4.57. The van der Waals surface area contributed by atoms with Gasteiger partial charge < -0.3 is 9.88 Å². The van der Waals surface area contributed by atoms with Gasteiger partial charge in [-0.2, -0.15) is 5.26 Å². The second-order valence-electron chi connectivity index (χ2n) is 7.67. The number of aromatic nitrogens is 1. The van der Waals surface area contributed by atoms with Crippen molar-refractivity contribution in [3.63, 3.8) is 0 Å². The summed E-state index contributed by atoms with van der Waals surface area (Å²) in [5.41, 5.74) is 3.59. The molecular weight excluding hydrogens is 372 g/mol. The van der Waals surface area contributed by atoms with Crippen LogP contribution in [0.3, 0.4) is 0 Å². The number of benzene rings is 1. The van der Waals surface area contributed by atoms with Crippen molar-refractivity contribution in [3.05, 3.63) is 51.7 Å². The Kier molecular flexibility index (Phi) is 6.43. The topological polar surface area (TPSA) is 61.1 Å². The molecule has 148 valence electrons. The Morgan fingerprint density at radius 2 is 2.00 bits per heavy atom. The minimum atomic E-state index is -0.122. The number of hydrogen-bond acceptors (Lipinski definition) is 3. The van der Waals surface area contributed by atoms with E-state index in [4.69, 9.17) is 11.6 Å². The molecule has 1 fully saturated rings. The van der Waals surface area contributed by atoms with Gasteiger partial charge >= 0.3 is 0 Å². The highest BCUT2D eigenvalue weighted by Crippen LogP contribution is 2.37. The van der Waals surface area contributed by atoms with Gasteiger partial charge in [-0.25, -0.2) is 0 Å². The number of rotatable bonds is 6. The Bertz CT molecular complexity index is 906. The summed E-state index contributed by atoms with van der Waals surface area (Å²) in [6.45, 7) is 4.80. The van der Waals surface area contributed by atoms with Crippen molar-refractivity contribution in [3.8, 4) is 6.07 Å². The summed E-state index contributed by atoms with van der Waals surface area (Å²) in [4.78, 5) is 14.7. The Hall–Kier alpha value is -2.29. The molecular formula is C22H27ClN4O. The summed E-state index contributed by atoms with van der Waals surface area (Å²) in [5, 5.41) is 13.4. The van der Waals surface area contributed by atoms with Crippen LogP contribution in [-0.2, 0) is 11.3 Å². The van der Waals surface area contributed by atoms with Gasteiger partial charge in [0.1, 0.15) is 11.9 Å². The van der Waals surface area contributed by atoms with Gasteiger partial charge in [0, 0.05) is 23.3 Å². The monoisotopic (exact) mass is 398 g/mol. The minimum absolute atomic E-state index is 0.122. The van der Waals surface area contributed by atoms with Gasteiger partial charge in [-0.3, -0.25) is 9.69 Å². The van der Waals surface area contributed by atoms with Gasteiger partial charge in [-0.1, -0.05) is 42.6 Å². The van der Waals surface area contributed by atoms with E-state index in [0.717, 1.165) is 29.7 Å². The fourth-order valence-corrected chi connectivity index (χ4v) is 4.29. The maximum absolute atomic E-state index is 12.7. The molecule has 0 radical (unpaired) electrons. The third kappa shape index (κ3) is 4.24. The molecule has 1 heterocycles. The van der Waals surface area contributed by atoms with Crippen molar-refractivity contribution in [2.24, 2.45) is 0 Å². The first-order valence-corrected chi connectivity index (χ1v) is 10.1. The molecule has 6 heteroatoms. The van der Waals surface area contributed by atoms with E-state index in [9.17, 15) is 10.1 Å². The molecule has 0 unspecified atom stereocenters. The van der Waals surface area contributed by atoms with Gasteiger partial charge in [-0.15, -0.1) is 0 Å². The SMILES string of the molecule is Cc1c(C#N)c(NC(=O)CN(C)Cc2ccccc2Cl)n(C2CCCC2)c1C. The summed E-state index contributed by atoms with van der Waals surface area (Å²) in [7, 11) is 1.89. The summed E-state index contributed by atoms with van der Waals surface area (Å²) in [5.74, 6) is 0.531. The average Bonchev–Trinajstić information content (AvgIpc) is 3.24. The lowest BCUT2D eigenvalue weighted by molar-refractivity contribution is -0.117. The Balaban J connectivity index is 1.75. The number of carbonyl (C=O) groups excluding carboxylic acids is 1. The lowest BCUT2D eigenvalue weighted by Crippen LogP contribution is -2.31. The molecule has 1 aliphatic carbocycles. The van der Waals surface area contributed by atoms with E-state index in [2.05, 4.69) is 16.0 Å². The zero-order chi connectivity index (χ0) is 20.3. The van der Waals surface area contributed by atoms with E-state index in [1.54, 1.807) is 0 Å². The van der Waals surface area contributed by atoms with E-state index in [0.29, 0.717) is 29.0 Å². The number of anilines is 1. The van der Waals surface area contributed by atoms with E-state index < -0.39 is 0 Å². The first-order chi connectivity index (χ1) is 13.4. The number of halogens is 1. The molecule has 2 aromatic rings. The number of nitrogens with one attached hydrogen (secondary N) is 1. The van der Waals surface area contributed by atoms with Crippen LogP contribution in [0, 0.1) is 25.2 Å². The fourth-order valence-electron chi connectivity index (χ4n) is 4.10. The van der Waals surface area contributed by atoms with Crippen molar-refractivity contribution in [2.75, 3.05) is 18.9 Å². The quantitative estimate of drug-likeness (QED) is 0.759. The summed E-state index contributed by atoms with van der Waals surface area (Å²) in [6, 6.07) is 10.3. The maximum atomic E-state index is 12.7. The largest absolute Gasteiger partial charge is 0.327 e. The molecule has 1 amide bonds. The Morgan fingerprint density at radius 3 is 2.64 bits per heavy atom. The Morgan fingerprint density at radius 1 is 1.32 bits per heavy atom. The number of carbonyl (C=O) groups is 1. The third-order valence-corrected chi connectivity index (χ3v) is 6.00. The highest BCUT2D eigenvalue weighted by atomic mass is 35.5. The van der Waals surface area contributed by atoms with Crippen LogP contribution in [0.4, 0.5) is 5.82 Å². The average molecular weight is 399 g/mol. The first kappa shape index (κ1) is 20.4. The van der Waals surface area contributed by atoms with Crippen molar-refractivity contribution in [1.29, 1.82) is 5.26 Å². The van der Waals surface area contributed by atoms with Crippen LogP contribution in [0.1, 0.15) is 54.1 Å². The van der Waals surface area contributed by atoms with Gasteiger partial charge in [-0.05, 0) is 50.9 Å². The second kappa shape index (κ2) is 8.81. The Labute approximate surface area is 171 Å². The van der Waals surface area contributed by atoms with E-state index in [1.807, 2.05) is 50.1 Å². The van der Waals surface area contributed by atoms with Crippen LogP contribution in [0.25, 0.3) is 0 Å². The third-order valence-electron chi connectivity index (χ3n) is 5.63. The normalized spacial score (nSPS) is 14.4. The molecule has 0 spiro atoms. The van der Waals surface area contributed by atoms with E-state index in [-0.39, 0.29) is 12.5 Å².